The van der Waals surface area contributed by atoms with Crippen LogP contribution in [0.15, 0.2) is 65.7 Å². The number of anilines is 2. The van der Waals surface area contributed by atoms with Crippen LogP contribution in [0, 0.1) is 0 Å². The Morgan fingerprint density at radius 1 is 1.09 bits per heavy atom. The summed E-state index contributed by atoms with van der Waals surface area (Å²) in [4.78, 5) is 16.8. The number of carbonyl (C=O) groups excluding carboxylic acids is 1. The zero-order valence-electron chi connectivity index (χ0n) is 17.9. The van der Waals surface area contributed by atoms with Crippen molar-refractivity contribution in [1.82, 2.24) is 4.98 Å². The molecule has 32 heavy (non-hydrogen) atoms. The molecule has 3 N–H and O–H groups in total. The summed E-state index contributed by atoms with van der Waals surface area (Å²) in [7, 11) is -3.48. The van der Waals surface area contributed by atoms with E-state index in [1.54, 1.807) is 50.2 Å². The van der Waals surface area contributed by atoms with Gasteiger partial charge in [0.1, 0.15) is 6.10 Å². The molecule has 0 spiro atoms. The van der Waals surface area contributed by atoms with Gasteiger partial charge in [0.05, 0.1) is 15.2 Å². The second kappa shape index (κ2) is 9.58. The van der Waals surface area contributed by atoms with Gasteiger partial charge in [0.15, 0.2) is 21.4 Å². The molecule has 1 amide bonds. The Kier molecular flexibility index (Phi) is 7.06. The molecule has 1 atom stereocenters. The van der Waals surface area contributed by atoms with Crippen LogP contribution in [0.5, 0.6) is 5.75 Å². The predicted molar refractivity (Wildman–Crippen MR) is 126 cm³/mol. The molecule has 9 heteroatoms. The molecule has 0 aliphatic carbocycles. The average molecular weight is 474 g/mol. The highest BCUT2D eigenvalue weighted by atomic mass is 35.5. The normalized spacial score (nSPS) is 12.4. The third-order valence-electron chi connectivity index (χ3n) is 4.81. The monoisotopic (exact) mass is 473 g/mol. The van der Waals surface area contributed by atoms with E-state index in [2.05, 4.69) is 10.3 Å². The number of halogens is 1. The molecule has 0 aliphatic rings. The number of carbonyl (C=O) groups is 1. The quantitative estimate of drug-likeness (QED) is 0.505. The highest BCUT2D eigenvalue weighted by Gasteiger charge is 2.20. The minimum absolute atomic E-state index is 0.114. The van der Waals surface area contributed by atoms with Crippen LogP contribution in [-0.4, -0.2) is 24.6 Å². The van der Waals surface area contributed by atoms with Gasteiger partial charge in [-0.1, -0.05) is 29.8 Å². The van der Waals surface area contributed by atoms with Crippen LogP contribution in [0.4, 0.5) is 11.5 Å². The lowest BCUT2D eigenvalue weighted by atomic mass is 10.1. The molecule has 1 unspecified atom stereocenters. The number of amides is 1. The number of hydrogen-bond donors (Lipinski definition) is 2. The SMILES string of the molecule is CC(Oc1cc(Cl)cnc1N)c1cccc(NC(=O)c2cccc(S(=O)(=O)C(C)C)c2)c1. The first kappa shape index (κ1) is 23.6. The minimum Gasteiger partial charge on any atom is -0.482 e. The van der Waals surface area contributed by atoms with Crippen molar-refractivity contribution in [2.24, 2.45) is 0 Å². The summed E-state index contributed by atoms with van der Waals surface area (Å²) in [5.41, 5.74) is 7.42. The molecule has 0 radical (unpaired) electrons. The van der Waals surface area contributed by atoms with E-state index in [1.807, 2.05) is 13.0 Å². The highest BCUT2D eigenvalue weighted by Crippen LogP contribution is 2.29. The zero-order valence-corrected chi connectivity index (χ0v) is 19.4. The van der Waals surface area contributed by atoms with Crippen LogP contribution in [0.2, 0.25) is 5.02 Å². The average Bonchev–Trinajstić information content (AvgIpc) is 2.76. The molecule has 1 heterocycles. The second-order valence-electron chi connectivity index (χ2n) is 7.50. The topological polar surface area (TPSA) is 111 Å². The predicted octanol–water partition coefficient (Wildman–Crippen LogP) is 4.89. The van der Waals surface area contributed by atoms with Crippen molar-refractivity contribution in [3.8, 4) is 5.75 Å². The first-order valence-electron chi connectivity index (χ1n) is 9.91. The number of pyridine rings is 1. The van der Waals surface area contributed by atoms with Crippen molar-refractivity contribution < 1.29 is 17.9 Å². The third kappa shape index (κ3) is 5.38. The Balaban J connectivity index is 1.77. The van der Waals surface area contributed by atoms with Gasteiger partial charge < -0.3 is 15.8 Å². The number of nitrogens with zero attached hydrogens (tertiary/aromatic N) is 1. The van der Waals surface area contributed by atoms with Crippen molar-refractivity contribution in [1.29, 1.82) is 0 Å². The number of rotatable bonds is 7. The van der Waals surface area contributed by atoms with E-state index in [9.17, 15) is 13.2 Å². The van der Waals surface area contributed by atoms with Crippen LogP contribution >= 0.6 is 11.6 Å². The van der Waals surface area contributed by atoms with E-state index in [0.717, 1.165) is 5.56 Å². The Morgan fingerprint density at radius 3 is 2.53 bits per heavy atom. The Bertz CT molecular complexity index is 1250. The molecular formula is C23H24ClN3O4S. The highest BCUT2D eigenvalue weighted by molar-refractivity contribution is 7.92. The van der Waals surface area contributed by atoms with Crippen LogP contribution in [0.3, 0.4) is 0 Å². The summed E-state index contributed by atoms with van der Waals surface area (Å²) in [5, 5.41) is 2.62. The number of nitrogens with two attached hydrogens (primary N) is 1. The van der Waals surface area contributed by atoms with Crippen LogP contribution in [0.1, 0.15) is 42.8 Å². The lowest BCUT2D eigenvalue weighted by molar-refractivity contribution is 0.102. The minimum atomic E-state index is -3.48. The first-order chi connectivity index (χ1) is 15.1. The number of benzene rings is 2. The number of sulfone groups is 1. The van der Waals surface area contributed by atoms with Gasteiger partial charge >= 0.3 is 0 Å². The van der Waals surface area contributed by atoms with E-state index < -0.39 is 27.1 Å². The molecule has 7 nitrogen and oxygen atoms in total. The van der Waals surface area contributed by atoms with Crippen molar-refractivity contribution in [2.45, 2.75) is 37.0 Å². The van der Waals surface area contributed by atoms with Gasteiger partial charge in [0, 0.05) is 23.5 Å². The molecule has 2 aromatic carbocycles. The second-order valence-corrected chi connectivity index (χ2v) is 10.4. The molecule has 0 saturated carbocycles. The number of ether oxygens (including phenoxy) is 1. The standard InChI is InChI=1S/C23H24ClN3O4S/c1-14(2)32(29,30)20-9-5-7-17(11-20)23(28)27-19-8-4-6-16(10-19)15(3)31-21-12-18(24)13-26-22(21)25/h4-15H,1-3H3,(H2,25,26)(H,27,28). The van der Waals surface area contributed by atoms with E-state index in [4.69, 9.17) is 22.1 Å². The summed E-state index contributed by atoms with van der Waals surface area (Å²) < 4.78 is 30.7. The summed E-state index contributed by atoms with van der Waals surface area (Å²) in [6.45, 7) is 5.04. The van der Waals surface area contributed by atoms with E-state index in [1.165, 1.54) is 18.3 Å². The molecule has 3 aromatic rings. The first-order valence-corrected chi connectivity index (χ1v) is 11.8. The molecule has 0 saturated heterocycles. The smallest absolute Gasteiger partial charge is 0.255 e. The molecule has 3 rings (SSSR count). The molecule has 168 valence electrons. The van der Waals surface area contributed by atoms with Gasteiger partial charge in [-0.25, -0.2) is 13.4 Å². The van der Waals surface area contributed by atoms with Gasteiger partial charge in [-0.3, -0.25) is 4.79 Å². The fourth-order valence-electron chi connectivity index (χ4n) is 2.94. The maximum atomic E-state index is 12.7. The van der Waals surface area contributed by atoms with E-state index in [-0.39, 0.29) is 16.3 Å². The molecule has 0 bridgehead atoms. The zero-order chi connectivity index (χ0) is 23.5. The number of nitrogens with one attached hydrogen (secondary N) is 1. The van der Waals surface area contributed by atoms with Crippen molar-refractivity contribution >= 4 is 38.9 Å². The molecule has 0 fully saturated rings. The van der Waals surface area contributed by atoms with E-state index in [0.29, 0.717) is 16.5 Å². The fourth-order valence-corrected chi connectivity index (χ4v) is 4.19. The van der Waals surface area contributed by atoms with Crippen LogP contribution < -0.4 is 15.8 Å². The fraction of sp³-hybridized carbons (Fsp3) is 0.217. The van der Waals surface area contributed by atoms with Crippen LogP contribution in [-0.2, 0) is 9.84 Å². The summed E-state index contributed by atoms with van der Waals surface area (Å²) in [6.07, 6.45) is 1.04. The largest absolute Gasteiger partial charge is 0.482 e. The number of hydrogen-bond acceptors (Lipinski definition) is 6. The van der Waals surface area contributed by atoms with Gasteiger partial charge in [-0.15, -0.1) is 0 Å². The summed E-state index contributed by atoms with van der Waals surface area (Å²) >= 11 is 5.96. The van der Waals surface area contributed by atoms with Gasteiger partial charge in [0.2, 0.25) is 0 Å². The van der Waals surface area contributed by atoms with Crippen molar-refractivity contribution in [3.63, 3.8) is 0 Å². The molecular weight excluding hydrogens is 450 g/mol. The Labute approximate surface area is 192 Å². The van der Waals surface area contributed by atoms with Gasteiger partial charge in [-0.05, 0) is 56.7 Å². The van der Waals surface area contributed by atoms with Crippen molar-refractivity contribution in [3.05, 3.63) is 76.9 Å². The molecule has 1 aromatic heterocycles. The van der Waals surface area contributed by atoms with Gasteiger partial charge in [-0.2, -0.15) is 0 Å². The third-order valence-corrected chi connectivity index (χ3v) is 7.17. The maximum Gasteiger partial charge on any atom is 0.255 e. The summed E-state index contributed by atoms with van der Waals surface area (Å²) in [6, 6.07) is 14.7. The maximum absolute atomic E-state index is 12.7. The molecule has 0 aliphatic heterocycles. The van der Waals surface area contributed by atoms with E-state index >= 15 is 0 Å². The van der Waals surface area contributed by atoms with Gasteiger partial charge in [0.25, 0.3) is 5.91 Å². The summed E-state index contributed by atoms with van der Waals surface area (Å²) in [5.74, 6) is 0.171. The van der Waals surface area contributed by atoms with Crippen LogP contribution in [0.25, 0.3) is 0 Å². The Morgan fingerprint density at radius 2 is 1.81 bits per heavy atom. The number of nitrogen functional groups attached to an aromatic ring is 1. The number of aromatic nitrogens is 1. The lowest BCUT2D eigenvalue weighted by Gasteiger charge is -2.17. The van der Waals surface area contributed by atoms with Crippen molar-refractivity contribution in [2.75, 3.05) is 11.1 Å². The lowest BCUT2D eigenvalue weighted by Crippen LogP contribution is -2.16. The Hall–Kier alpha value is -3.10.